The summed E-state index contributed by atoms with van der Waals surface area (Å²) in [6.45, 7) is 20.7. The zero-order chi connectivity index (χ0) is 44.6. The maximum atomic E-state index is 14.5. The van der Waals surface area contributed by atoms with Crippen LogP contribution in [0.2, 0.25) is 0 Å². The highest BCUT2D eigenvalue weighted by Crippen LogP contribution is 2.53. The molecule has 3 heterocycles. The van der Waals surface area contributed by atoms with Gasteiger partial charge in [0.25, 0.3) is 0 Å². The third-order valence-electron chi connectivity index (χ3n) is 12.2. The van der Waals surface area contributed by atoms with Crippen molar-refractivity contribution in [3.05, 3.63) is 168 Å². The molecule has 9 rings (SSSR count). The molecule has 0 N–H and O–H groups in total. The fraction of sp³-hybridized carbons (Fsp3) is 0.255. The zero-order valence-corrected chi connectivity index (χ0v) is 38.2. The SMILES string of the molecule is CC(C)(C)c1cc(N2CN(c3cccc(Sc4ccc5c(c4)N(c4cc(C(C)(C)C)ccn4)c4cc(C(F)(F)F)ccc4-c4ccccc4-5)c3)c3ccccc32)cc(C(C)(C)C)c1. The monoisotopic (exact) mass is 858 g/mol. The van der Waals surface area contributed by atoms with Crippen molar-refractivity contribution in [3.8, 4) is 22.3 Å². The molecule has 8 heteroatoms. The van der Waals surface area contributed by atoms with E-state index >= 15 is 0 Å². The van der Waals surface area contributed by atoms with Gasteiger partial charge in [-0.15, -0.1) is 0 Å². The number of hydrogen-bond acceptors (Lipinski definition) is 5. The first-order chi connectivity index (χ1) is 29.7. The molecule has 0 bridgehead atoms. The predicted octanol–water partition coefficient (Wildman–Crippen LogP) is 16.5. The van der Waals surface area contributed by atoms with Crippen molar-refractivity contribution in [2.75, 3.05) is 21.4 Å². The Bertz CT molecular complexity index is 2850. The molecule has 0 aliphatic carbocycles. The lowest BCUT2D eigenvalue weighted by atomic mass is 9.80. The van der Waals surface area contributed by atoms with Gasteiger partial charge in [-0.2, -0.15) is 13.2 Å². The molecule has 2 aliphatic rings. The van der Waals surface area contributed by atoms with Crippen LogP contribution in [0.15, 0.2) is 156 Å². The Hall–Kier alpha value is -5.99. The number of alkyl halides is 3. The quantitative estimate of drug-likeness (QED) is 0.172. The van der Waals surface area contributed by atoms with E-state index in [1.807, 2.05) is 35.2 Å². The van der Waals surface area contributed by atoms with Crippen molar-refractivity contribution >= 4 is 51.7 Å². The number of nitrogens with zero attached hydrogens (tertiary/aromatic N) is 4. The minimum atomic E-state index is -4.53. The van der Waals surface area contributed by atoms with Gasteiger partial charge in [-0.05, 0) is 123 Å². The summed E-state index contributed by atoms with van der Waals surface area (Å²) in [6.07, 6.45) is -2.77. The Kier molecular flexibility index (Phi) is 10.3. The van der Waals surface area contributed by atoms with E-state index in [2.05, 4.69) is 163 Å². The van der Waals surface area contributed by atoms with E-state index < -0.39 is 11.7 Å². The summed E-state index contributed by atoms with van der Waals surface area (Å²) >= 11 is 1.64. The van der Waals surface area contributed by atoms with Crippen LogP contribution in [0.5, 0.6) is 0 Å². The molecule has 1 aromatic heterocycles. The van der Waals surface area contributed by atoms with Crippen molar-refractivity contribution < 1.29 is 13.2 Å². The summed E-state index contributed by atoms with van der Waals surface area (Å²) in [4.78, 5) is 13.6. The van der Waals surface area contributed by atoms with Gasteiger partial charge in [-0.1, -0.05) is 135 Å². The highest BCUT2D eigenvalue weighted by molar-refractivity contribution is 7.99. The second-order valence-corrected chi connectivity index (χ2v) is 20.9. The summed E-state index contributed by atoms with van der Waals surface area (Å²) in [5, 5.41) is 0. The maximum Gasteiger partial charge on any atom is 0.416 e. The van der Waals surface area contributed by atoms with Crippen LogP contribution < -0.4 is 14.7 Å². The van der Waals surface area contributed by atoms with E-state index in [0.29, 0.717) is 23.7 Å². The molecule has 7 aromatic rings. The van der Waals surface area contributed by atoms with Gasteiger partial charge in [0.2, 0.25) is 0 Å². The van der Waals surface area contributed by atoms with Crippen LogP contribution in [0.25, 0.3) is 22.3 Å². The molecule has 320 valence electrons. The molecule has 2 aliphatic heterocycles. The van der Waals surface area contributed by atoms with E-state index in [4.69, 9.17) is 4.98 Å². The van der Waals surface area contributed by atoms with Crippen molar-refractivity contribution in [2.24, 2.45) is 0 Å². The lowest BCUT2D eigenvalue weighted by Crippen LogP contribution is -2.25. The number of hydrogen-bond donors (Lipinski definition) is 0. The van der Waals surface area contributed by atoms with Crippen LogP contribution in [-0.4, -0.2) is 11.7 Å². The number of fused-ring (bicyclic) bond motifs is 6. The van der Waals surface area contributed by atoms with Gasteiger partial charge in [-0.25, -0.2) is 4.98 Å². The Labute approximate surface area is 374 Å². The maximum absolute atomic E-state index is 14.5. The van der Waals surface area contributed by atoms with Gasteiger partial charge in [-0.3, -0.25) is 4.90 Å². The minimum absolute atomic E-state index is 0.0148. The van der Waals surface area contributed by atoms with E-state index in [1.165, 1.54) is 28.9 Å². The number of benzene rings is 6. The Morgan fingerprint density at radius 3 is 1.60 bits per heavy atom. The summed E-state index contributed by atoms with van der Waals surface area (Å²) < 4.78 is 43.5. The van der Waals surface area contributed by atoms with Crippen molar-refractivity contribution in [3.63, 3.8) is 0 Å². The second-order valence-electron chi connectivity index (χ2n) is 19.8. The van der Waals surface area contributed by atoms with E-state index in [1.54, 1.807) is 24.0 Å². The van der Waals surface area contributed by atoms with Crippen LogP contribution in [0.4, 0.5) is 53.1 Å². The van der Waals surface area contributed by atoms with Crippen molar-refractivity contribution in [1.82, 2.24) is 4.98 Å². The topological polar surface area (TPSA) is 22.6 Å². The summed E-state index contributed by atoms with van der Waals surface area (Å²) in [5.74, 6) is 0.557. The predicted molar refractivity (Wildman–Crippen MR) is 257 cm³/mol. The molecule has 0 radical (unpaired) electrons. The molecule has 0 atom stereocenters. The number of pyridine rings is 1. The van der Waals surface area contributed by atoms with Gasteiger partial charge < -0.3 is 9.80 Å². The molecule has 0 fully saturated rings. The molecule has 0 spiro atoms. The Morgan fingerprint density at radius 1 is 0.444 bits per heavy atom. The number of aromatic nitrogens is 1. The van der Waals surface area contributed by atoms with Gasteiger partial charge in [0.1, 0.15) is 12.5 Å². The molecule has 0 saturated carbocycles. The summed E-state index contributed by atoms with van der Waals surface area (Å²) in [6, 6.07) is 46.6. The molecule has 0 saturated heterocycles. The summed E-state index contributed by atoms with van der Waals surface area (Å²) in [5.41, 5.74) is 11.9. The summed E-state index contributed by atoms with van der Waals surface area (Å²) in [7, 11) is 0. The van der Waals surface area contributed by atoms with Gasteiger partial charge in [0, 0.05) is 38.5 Å². The third-order valence-corrected chi connectivity index (χ3v) is 13.2. The van der Waals surface area contributed by atoms with Crippen LogP contribution in [-0.2, 0) is 22.4 Å². The van der Waals surface area contributed by atoms with E-state index in [9.17, 15) is 13.2 Å². The fourth-order valence-corrected chi connectivity index (χ4v) is 9.49. The molecule has 63 heavy (non-hydrogen) atoms. The average Bonchev–Trinajstić information content (AvgIpc) is 3.57. The number of para-hydroxylation sites is 2. The van der Waals surface area contributed by atoms with Gasteiger partial charge >= 0.3 is 6.18 Å². The molecule has 0 amide bonds. The number of halogens is 3. The van der Waals surface area contributed by atoms with Gasteiger partial charge in [0.15, 0.2) is 0 Å². The minimum Gasteiger partial charge on any atom is -0.321 e. The molecule has 0 unspecified atom stereocenters. The van der Waals surface area contributed by atoms with Crippen LogP contribution >= 0.6 is 11.8 Å². The van der Waals surface area contributed by atoms with Crippen molar-refractivity contribution in [2.45, 2.75) is 94.5 Å². The highest BCUT2D eigenvalue weighted by atomic mass is 32.2. The van der Waals surface area contributed by atoms with Gasteiger partial charge in [0.05, 0.1) is 28.3 Å². The third kappa shape index (κ3) is 8.10. The first-order valence-electron chi connectivity index (χ1n) is 21.5. The zero-order valence-electron chi connectivity index (χ0n) is 37.4. The lowest BCUT2D eigenvalue weighted by Gasteiger charge is -2.29. The smallest absolute Gasteiger partial charge is 0.321 e. The first kappa shape index (κ1) is 42.3. The molecular formula is C55H53F3N4S. The fourth-order valence-electron chi connectivity index (χ4n) is 8.58. The second kappa shape index (κ2) is 15.4. The lowest BCUT2D eigenvalue weighted by molar-refractivity contribution is -0.137. The van der Waals surface area contributed by atoms with E-state index in [0.717, 1.165) is 54.8 Å². The first-order valence-corrected chi connectivity index (χ1v) is 22.4. The van der Waals surface area contributed by atoms with Crippen LogP contribution in [0.3, 0.4) is 0 Å². The number of anilines is 7. The standard InChI is InChI=1S/C55H53F3N4S/c1-52(2,3)35-25-26-59-51(31-35)62-49-30-36(55(56,57)58)21-23-45(49)43-17-10-11-18-44(43)46-24-22-42(33-50(46)62)63-41-16-14-15-39(32-41)60-34-61(48-20-13-12-19-47(48)60)40-28-37(53(4,5)6)27-38(29-40)54(7,8)9/h10-33H,34H2,1-9H3. The van der Waals surface area contributed by atoms with Crippen LogP contribution in [0, 0.1) is 0 Å². The number of rotatable bonds is 5. The van der Waals surface area contributed by atoms with E-state index in [-0.39, 0.29) is 16.2 Å². The Morgan fingerprint density at radius 2 is 1.00 bits per heavy atom. The molecule has 6 aromatic carbocycles. The highest BCUT2D eigenvalue weighted by Gasteiger charge is 2.35. The molecular weight excluding hydrogens is 806 g/mol. The van der Waals surface area contributed by atoms with Crippen LogP contribution in [0.1, 0.15) is 84.6 Å². The largest absolute Gasteiger partial charge is 0.416 e. The molecule has 4 nitrogen and oxygen atoms in total. The normalized spacial score (nSPS) is 13.9. The Balaban J connectivity index is 1.13. The average molecular weight is 859 g/mol. The van der Waals surface area contributed by atoms with Crippen molar-refractivity contribution in [1.29, 1.82) is 0 Å².